The lowest BCUT2D eigenvalue weighted by atomic mass is 9.72. The number of nitrogens with zero attached hydrogens (tertiary/aromatic N) is 2. The van der Waals surface area contributed by atoms with Gasteiger partial charge in [0, 0.05) is 46.3 Å². The number of guanidine groups is 1. The van der Waals surface area contributed by atoms with E-state index in [1.807, 2.05) is 44.3 Å². The number of aliphatic hydroxyl groups excluding tert-OH is 1. The van der Waals surface area contributed by atoms with Gasteiger partial charge in [-0.3, -0.25) is 9.79 Å². The summed E-state index contributed by atoms with van der Waals surface area (Å²) < 4.78 is 0. The third-order valence-corrected chi connectivity index (χ3v) is 5.79. The summed E-state index contributed by atoms with van der Waals surface area (Å²) >= 11 is 0. The minimum absolute atomic E-state index is 0.112. The molecule has 0 aliphatic heterocycles. The molecule has 0 bridgehead atoms. The van der Waals surface area contributed by atoms with Crippen LogP contribution in [0.2, 0.25) is 0 Å². The summed E-state index contributed by atoms with van der Waals surface area (Å²) in [5.74, 6) is 0.870. The van der Waals surface area contributed by atoms with Crippen LogP contribution in [0.25, 0.3) is 0 Å². The Morgan fingerprint density at radius 2 is 1.90 bits per heavy atom. The first-order chi connectivity index (χ1) is 14.1. The van der Waals surface area contributed by atoms with Crippen LogP contribution >= 0.6 is 0 Å². The topological polar surface area (TPSA) is 77.0 Å². The number of aliphatic imine (C=N–C) groups is 1. The van der Waals surface area contributed by atoms with Crippen LogP contribution in [0.4, 0.5) is 0 Å². The molecule has 0 radical (unpaired) electrons. The van der Waals surface area contributed by atoms with Gasteiger partial charge in [0.25, 0.3) is 0 Å². The first-order valence-electron chi connectivity index (χ1n) is 11.0. The van der Waals surface area contributed by atoms with E-state index in [-0.39, 0.29) is 17.9 Å². The maximum Gasteiger partial charge on any atom is 0.224 e. The van der Waals surface area contributed by atoms with Crippen molar-refractivity contribution in [2.24, 2.45) is 10.4 Å². The Kier molecular flexibility index (Phi) is 9.98. The zero-order valence-electron chi connectivity index (χ0n) is 18.1. The number of amides is 1. The maximum atomic E-state index is 12.4. The third-order valence-electron chi connectivity index (χ3n) is 5.79. The molecule has 6 heteroatoms. The van der Waals surface area contributed by atoms with Crippen LogP contribution < -0.4 is 10.6 Å². The highest BCUT2D eigenvalue weighted by Gasteiger charge is 2.31. The number of carbonyl (C=O) groups excluding carboxylic acids is 1. The minimum atomic E-state index is 0.112. The molecule has 3 N–H and O–H groups in total. The van der Waals surface area contributed by atoms with E-state index in [9.17, 15) is 9.90 Å². The van der Waals surface area contributed by atoms with Gasteiger partial charge >= 0.3 is 0 Å². The Morgan fingerprint density at radius 3 is 2.55 bits per heavy atom. The molecule has 1 saturated carbocycles. The van der Waals surface area contributed by atoms with E-state index < -0.39 is 0 Å². The average Bonchev–Trinajstić information content (AvgIpc) is 2.73. The van der Waals surface area contributed by atoms with Crippen molar-refractivity contribution >= 4 is 11.9 Å². The minimum Gasteiger partial charge on any atom is -0.396 e. The molecule has 0 aromatic heterocycles. The van der Waals surface area contributed by atoms with Gasteiger partial charge in [0.1, 0.15) is 0 Å². The van der Waals surface area contributed by atoms with Gasteiger partial charge in [-0.05, 0) is 37.2 Å². The zero-order chi connectivity index (χ0) is 21.0. The smallest absolute Gasteiger partial charge is 0.224 e. The van der Waals surface area contributed by atoms with Gasteiger partial charge in [-0.2, -0.15) is 0 Å². The number of carbonyl (C=O) groups is 1. The lowest BCUT2D eigenvalue weighted by molar-refractivity contribution is -0.130. The third kappa shape index (κ3) is 8.05. The Balaban J connectivity index is 1.83. The molecular formula is C23H38N4O2. The summed E-state index contributed by atoms with van der Waals surface area (Å²) in [7, 11) is 1.84. The number of hydrogen-bond acceptors (Lipinski definition) is 3. The molecule has 0 heterocycles. The summed E-state index contributed by atoms with van der Waals surface area (Å²) in [6.07, 6.45) is 7.25. The van der Waals surface area contributed by atoms with E-state index in [1.54, 1.807) is 4.90 Å². The zero-order valence-corrected chi connectivity index (χ0v) is 18.1. The van der Waals surface area contributed by atoms with Crippen LogP contribution in [0.1, 0.15) is 57.4 Å². The summed E-state index contributed by atoms with van der Waals surface area (Å²) in [5, 5.41) is 16.1. The second-order valence-corrected chi connectivity index (χ2v) is 8.14. The first-order valence-corrected chi connectivity index (χ1v) is 11.0. The van der Waals surface area contributed by atoms with Gasteiger partial charge in [-0.1, -0.05) is 49.6 Å². The fourth-order valence-corrected chi connectivity index (χ4v) is 4.04. The molecule has 162 valence electrons. The van der Waals surface area contributed by atoms with Crippen molar-refractivity contribution in [1.29, 1.82) is 0 Å². The van der Waals surface area contributed by atoms with Crippen LogP contribution in [0.15, 0.2) is 35.3 Å². The Labute approximate surface area is 175 Å². The van der Waals surface area contributed by atoms with Crippen LogP contribution in [0.3, 0.4) is 0 Å². The largest absolute Gasteiger partial charge is 0.396 e. The molecule has 2 rings (SSSR count). The van der Waals surface area contributed by atoms with Gasteiger partial charge < -0.3 is 20.6 Å². The van der Waals surface area contributed by atoms with Crippen molar-refractivity contribution in [3.8, 4) is 0 Å². The van der Waals surface area contributed by atoms with Crippen molar-refractivity contribution in [3.05, 3.63) is 35.9 Å². The van der Waals surface area contributed by atoms with Gasteiger partial charge in [0.2, 0.25) is 5.91 Å². The van der Waals surface area contributed by atoms with E-state index in [0.717, 1.165) is 43.9 Å². The summed E-state index contributed by atoms with van der Waals surface area (Å²) in [6.45, 7) is 4.95. The van der Waals surface area contributed by atoms with E-state index in [2.05, 4.69) is 10.6 Å². The average molecular weight is 403 g/mol. The van der Waals surface area contributed by atoms with Gasteiger partial charge in [0.05, 0.1) is 0 Å². The summed E-state index contributed by atoms with van der Waals surface area (Å²) in [5.41, 5.74) is 1.26. The highest BCUT2D eigenvalue weighted by Crippen LogP contribution is 2.39. The fourth-order valence-electron chi connectivity index (χ4n) is 4.04. The quantitative estimate of drug-likeness (QED) is 0.415. The van der Waals surface area contributed by atoms with Gasteiger partial charge in [0.15, 0.2) is 5.96 Å². The highest BCUT2D eigenvalue weighted by molar-refractivity contribution is 5.81. The normalized spacial score (nSPS) is 16.3. The molecule has 29 heavy (non-hydrogen) atoms. The fraction of sp³-hybridized carbons (Fsp3) is 0.652. The summed E-state index contributed by atoms with van der Waals surface area (Å²) in [4.78, 5) is 19.0. The van der Waals surface area contributed by atoms with E-state index in [1.165, 1.54) is 19.3 Å². The number of rotatable bonds is 10. The molecule has 1 aliphatic rings. The molecule has 1 amide bonds. The molecule has 1 aromatic rings. The lowest BCUT2D eigenvalue weighted by Gasteiger charge is -2.35. The Bertz CT molecular complexity index is 622. The van der Waals surface area contributed by atoms with Gasteiger partial charge in [-0.25, -0.2) is 0 Å². The Hall–Kier alpha value is -2.08. The van der Waals surface area contributed by atoms with E-state index in [0.29, 0.717) is 19.5 Å². The Morgan fingerprint density at radius 1 is 1.17 bits per heavy atom. The maximum absolute atomic E-state index is 12.4. The van der Waals surface area contributed by atoms with Gasteiger partial charge in [-0.15, -0.1) is 0 Å². The number of aliphatic hydroxyl groups is 1. The number of hydrogen-bond donors (Lipinski definition) is 3. The molecule has 1 aromatic carbocycles. The standard InChI is InChI=1S/C23H38N4O2/c1-3-24-22(26-19-23(15-17-28)13-8-5-9-14-23)25-16-12-21(29)27(2)18-20-10-6-4-7-11-20/h4,6-7,10-11,28H,3,5,8-9,12-19H2,1-2H3,(H2,24,25,26). The van der Waals surface area contributed by atoms with Crippen molar-refractivity contribution in [1.82, 2.24) is 15.5 Å². The second kappa shape index (κ2) is 12.5. The number of benzene rings is 1. The number of nitrogens with one attached hydrogen (secondary N) is 2. The predicted molar refractivity (Wildman–Crippen MR) is 119 cm³/mol. The van der Waals surface area contributed by atoms with Crippen LogP contribution in [-0.2, 0) is 11.3 Å². The second-order valence-electron chi connectivity index (χ2n) is 8.14. The summed E-state index contributed by atoms with van der Waals surface area (Å²) in [6, 6.07) is 10.0. The van der Waals surface area contributed by atoms with Crippen molar-refractivity contribution < 1.29 is 9.90 Å². The molecule has 1 aliphatic carbocycles. The molecular weight excluding hydrogens is 364 g/mol. The van der Waals surface area contributed by atoms with Crippen LogP contribution in [-0.4, -0.2) is 55.2 Å². The van der Waals surface area contributed by atoms with E-state index in [4.69, 9.17) is 4.99 Å². The molecule has 0 saturated heterocycles. The van der Waals surface area contributed by atoms with E-state index >= 15 is 0 Å². The van der Waals surface area contributed by atoms with Crippen LogP contribution in [0.5, 0.6) is 0 Å². The van der Waals surface area contributed by atoms with Crippen molar-refractivity contribution in [2.75, 3.05) is 33.3 Å². The molecule has 1 fully saturated rings. The molecule has 0 unspecified atom stereocenters. The van der Waals surface area contributed by atoms with Crippen molar-refractivity contribution in [2.45, 2.75) is 58.4 Å². The lowest BCUT2D eigenvalue weighted by Crippen LogP contribution is -2.40. The molecule has 0 atom stereocenters. The highest BCUT2D eigenvalue weighted by atomic mass is 16.3. The first kappa shape index (κ1) is 23.2. The SMILES string of the molecule is CCNC(=NCC1(CCO)CCCCC1)NCCC(=O)N(C)Cc1ccccc1. The predicted octanol–water partition coefficient (Wildman–Crippen LogP) is 2.92. The molecule has 0 spiro atoms. The monoisotopic (exact) mass is 402 g/mol. The molecule has 6 nitrogen and oxygen atoms in total. The van der Waals surface area contributed by atoms with Crippen molar-refractivity contribution in [3.63, 3.8) is 0 Å². The van der Waals surface area contributed by atoms with Crippen LogP contribution in [0, 0.1) is 5.41 Å².